The second kappa shape index (κ2) is 7.31. The molecule has 5 N–H and O–H groups in total. The van der Waals surface area contributed by atoms with Crippen LogP contribution in [-0.4, -0.2) is 56.4 Å². The molecule has 0 unspecified atom stereocenters. The first-order valence-electron chi connectivity index (χ1n) is 7.51. The molecule has 11 heteroatoms. The highest BCUT2D eigenvalue weighted by Crippen LogP contribution is 2.41. The lowest BCUT2D eigenvalue weighted by Crippen LogP contribution is -2.42. The average molecular weight is 393 g/mol. The number of aromatic nitrogens is 1. The van der Waals surface area contributed by atoms with E-state index < -0.39 is 15.4 Å². The number of hydrogen-bond donors (Lipinski definition) is 5. The first-order valence-corrected chi connectivity index (χ1v) is 10.8. The van der Waals surface area contributed by atoms with Gasteiger partial charge in [0.2, 0.25) is 0 Å². The summed E-state index contributed by atoms with van der Waals surface area (Å²) in [5, 5.41) is 0.779. The molecule has 0 fully saturated rings. The number of rotatable bonds is 8. The van der Waals surface area contributed by atoms with Crippen LogP contribution in [0.25, 0.3) is 10.9 Å². The number of phosphoric ester groups is 1. The van der Waals surface area contributed by atoms with Crippen LogP contribution in [-0.2, 0) is 26.2 Å². The molecule has 0 saturated heterocycles. The summed E-state index contributed by atoms with van der Waals surface area (Å²) in [7, 11) is -5.16. The van der Waals surface area contributed by atoms with Gasteiger partial charge in [0.25, 0.3) is 0 Å². The molecule has 0 aliphatic rings. The summed E-state index contributed by atoms with van der Waals surface area (Å²) in [6.07, 6.45) is 2.00. The molecule has 0 amide bonds. The van der Waals surface area contributed by atoms with Gasteiger partial charge in [-0.25, -0.2) is 9.09 Å². The van der Waals surface area contributed by atoms with Crippen LogP contribution in [0, 0.1) is 0 Å². The summed E-state index contributed by atoms with van der Waals surface area (Å²) >= 11 is 0. The zero-order valence-corrected chi connectivity index (χ0v) is 15.8. The zero-order valence-electron chi connectivity index (χ0n) is 14.0. The van der Waals surface area contributed by atoms with Gasteiger partial charge >= 0.3 is 15.4 Å². The molecule has 0 bridgehead atoms. The zero-order chi connectivity index (χ0) is 18.9. The van der Waals surface area contributed by atoms with Gasteiger partial charge in [0.15, 0.2) is 6.73 Å². The first-order chi connectivity index (χ1) is 11.4. The lowest BCUT2D eigenvalue weighted by Gasteiger charge is -2.29. The Morgan fingerprint density at radius 1 is 1.12 bits per heavy atom. The van der Waals surface area contributed by atoms with Crippen molar-refractivity contribution in [3.05, 3.63) is 35.5 Å². The Morgan fingerprint density at radius 3 is 2.40 bits per heavy atom. The van der Waals surface area contributed by atoms with E-state index >= 15 is 0 Å². The molecule has 0 aliphatic heterocycles. The van der Waals surface area contributed by atoms with Crippen LogP contribution >= 0.6 is 15.4 Å². The lowest BCUT2D eigenvalue weighted by atomic mass is 10.1. The molecule has 0 saturated carbocycles. The van der Waals surface area contributed by atoms with E-state index in [1.807, 2.05) is 6.07 Å². The second-order valence-electron chi connectivity index (χ2n) is 6.63. The van der Waals surface area contributed by atoms with Crippen molar-refractivity contribution in [1.29, 1.82) is 0 Å². The third-order valence-electron chi connectivity index (χ3n) is 3.81. The molecule has 0 radical (unpaired) electrons. The third kappa shape index (κ3) is 6.33. The summed E-state index contributed by atoms with van der Waals surface area (Å²) in [5.74, 6) is 0. The van der Waals surface area contributed by atoms with Gasteiger partial charge in [-0.15, -0.1) is 0 Å². The maximum absolute atomic E-state index is 11.4. The van der Waals surface area contributed by atoms with Crippen LogP contribution in [0.4, 0.5) is 0 Å². The number of quaternary nitrogens is 1. The Morgan fingerprint density at radius 2 is 1.80 bits per heavy atom. The topological polar surface area (TPSA) is 140 Å². The van der Waals surface area contributed by atoms with Gasteiger partial charge in [-0.05, 0) is 17.2 Å². The van der Waals surface area contributed by atoms with Crippen molar-refractivity contribution in [1.82, 2.24) is 4.98 Å². The van der Waals surface area contributed by atoms with Crippen molar-refractivity contribution in [2.45, 2.75) is 12.6 Å². The van der Waals surface area contributed by atoms with E-state index in [-0.39, 0.29) is 17.4 Å². The number of likely N-dealkylation sites (N-methyl/N-ethyl adjacent to an activating group) is 1. The van der Waals surface area contributed by atoms with Gasteiger partial charge in [0, 0.05) is 23.5 Å². The Labute approximate surface area is 145 Å². The van der Waals surface area contributed by atoms with Crippen molar-refractivity contribution in [2.75, 3.05) is 27.4 Å². The Hall–Kier alpha value is -1.02. The summed E-state index contributed by atoms with van der Waals surface area (Å²) < 4.78 is 27.0. The number of phosphoric acid groups is 1. The van der Waals surface area contributed by atoms with E-state index in [1.54, 1.807) is 32.4 Å². The highest BCUT2D eigenvalue weighted by atomic mass is 31.2. The molecular weight excluding hydrogens is 370 g/mol. The first kappa shape index (κ1) is 20.3. The van der Waals surface area contributed by atoms with Gasteiger partial charge in [-0.3, -0.25) is 4.57 Å². The van der Waals surface area contributed by atoms with E-state index in [4.69, 9.17) is 9.79 Å². The van der Waals surface area contributed by atoms with Crippen LogP contribution in [0.3, 0.4) is 0 Å². The van der Waals surface area contributed by atoms with E-state index in [9.17, 15) is 18.9 Å². The summed E-state index contributed by atoms with van der Waals surface area (Å²) in [4.78, 5) is 39.3. The number of nitrogens with zero attached hydrogens (tertiary/aromatic N) is 1. The van der Waals surface area contributed by atoms with Crippen LogP contribution in [0.15, 0.2) is 24.4 Å². The number of hydrogen-bond acceptors (Lipinski definition) is 3. The van der Waals surface area contributed by atoms with E-state index in [0.29, 0.717) is 18.5 Å². The summed E-state index contributed by atoms with van der Waals surface area (Å²) in [5.41, 5.74) is 2.25. The minimum absolute atomic E-state index is 0.151. The van der Waals surface area contributed by atoms with Crippen LogP contribution in [0.1, 0.15) is 11.1 Å². The van der Waals surface area contributed by atoms with Gasteiger partial charge in [-0.1, -0.05) is 12.1 Å². The maximum atomic E-state index is 11.4. The summed E-state index contributed by atoms with van der Waals surface area (Å²) in [6, 6.07) is 5.26. The van der Waals surface area contributed by atoms with Gasteiger partial charge in [0.1, 0.15) is 0 Å². The van der Waals surface area contributed by atoms with Crippen molar-refractivity contribution >= 4 is 26.3 Å². The molecule has 0 spiro atoms. The summed E-state index contributed by atoms with van der Waals surface area (Å²) in [6.45, 7) is 0.374. The predicted octanol–water partition coefficient (Wildman–Crippen LogP) is 1.53. The molecule has 9 nitrogen and oxygen atoms in total. The van der Waals surface area contributed by atoms with E-state index in [1.165, 1.54) is 0 Å². The molecule has 1 aromatic heterocycles. The van der Waals surface area contributed by atoms with Gasteiger partial charge in [-0.2, -0.15) is 0 Å². The second-order valence-corrected chi connectivity index (χ2v) is 9.52. The molecule has 0 aliphatic carbocycles. The molecule has 1 heterocycles. The van der Waals surface area contributed by atoms with Gasteiger partial charge < -0.3 is 29.0 Å². The number of aromatic amines is 1. The molecule has 25 heavy (non-hydrogen) atoms. The van der Waals surface area contributed by atoms with Crippen molar-refractivity contribution in [2.24, 2.45) is 0 Å². The fourth-order valence-electron chi connectivity index (χ4n) is 2.61. The van der Waals surface area contributed by atoms with Crippen LogP contribution in [0.2, 0.25) is 0 Å². The normalized spacial score (nSPS) is 13.5. The number of nitrogens with one attached hydrogen (secondary N) is 1. The quantitative estimate of drug-likeness (QED) is 0.260. The average Bonchev–Trinajstić information content (AvgIpc) is 2.85. The fraction of sp³-hybridized carbons (Fsp3) is 0.429. The monoisotopic (exact) mass is 393 g/mol. The minimum Gasteiger partial charge on any atom is -0.361 e. The Balaban J connectivity index is 2.19. The smallest absolute Gasteiger partial charge is 0.361 e. The van der Waals surface area contributed by atoms with Crippen LogP contribution in [0.5, 0.6) is 0 Å². The Kier molecular flexibility index (Phi) is 5.93. The number of H-pyrrole nitrogens is 1. The third-order valence-corrected chi connectivity index (χ3v) is 5.02. The molecule has 0 atom stereocenters. The number of benzene rings is 1. The molecule has 140 valence electrons. The molecule has 2 rings (SSSR count). The predicted molar refractivity (Wildman–Crippen MR) is 92.7 cm³/mol. The molecule has 2 aromatic rings. The maximum Gasteiger partial charge on any atom is 0.474 e. The van der Waals surface area contributed by atoms with Crippen LogP contribution < -0.4 is 0 Å². The van der Waals surface area contributed by atoms with Crippen molar-refractivity contribution < 1.29 is 37.7 Å². The van der Waals surface area contributed by atoms with Gasteiger partial charge in [0.05, 0.1) is 26.8 Å². The van der Waals surface area contributed by atoms with Crippen molar-refractivity contribution in [3.8, 4) is 0 Å². The standard InChI is InChI=1S/C14H22N2O7P2/c1-16(2,10-23-25(20,21)22)7-6-11-8-15-13-5-3-4-12(14(11)13)9-24(17,18)19/h3-5,8,15H,6-7,9-10H2,1-2H3,(H3-,17,18,19,20,21,22)/p+1. The minimum atomic E-state index is -4.52. The molecule has 1 aromatic carbocycles. The van der Waals surface area contributed by atoms with Crippen molar-refractivity contribution in [3.63, 3.8) is 0 Å². The molecular formula is C14H23N2O7P2+. The SMILES string of the molecule is C[N+](C)(CCc1c[nH]c2cccc(CP(=O)(O)O)c12)COP(=O)(O)O. The highest BCUT2D eigenvalue weighted by Gasteiger charge is 2.24. The van der Waals surface area contributed by atoms with E-state index in [0.717, 1.165) is 16.5 Å². The Bertz CT molecular complexity index is 837. The van der Waals surface area contributed by atoms with E-state index in [2.05, 4.69) is 9.51 Å². The highest BCUT2D eigenvalue weighted by molar-refractivity contribution is 7.50. The lowest BCUT2D eigenvalue weighted by molar-refractivity contribution is -0.906. The largest absolute Gasteiger partial charge is 0.474 e. The number of fused-ring (bicyclic) bond motifs is 1. The fourth-order valence-corrected chi connectivity index (χ4v) is 3.78.